The maximum Gasteiger partial charge on any atom is 0.258 e. The van der Waals surface area contributed by atoms with Crippen molar-refractivity contribution in [3.8, 4) is 0 Å². The van der Waals surface area contributed by atoms with Gasteiger partial charge in [0.15, 0.2) is 0 Å². The van der Waals surface area contributed by atoms with Crippen LogP contribution in [0.15, 0.2) is 53.5 Å². The summed E-state index contributed by atoms with van der Waals surface area (Å²) in [6, 6.07) is 12.7. The lowest BCUT2D eigenvalue weighted by Crippen LogP contribution is -2.32. The maximum absolute atomic E-state index is 12.4. The van der Waals surface area contributed by atoms with Crippen molar-refractivity contribution >= 4 is 16.8 Å². The zero-order valence-corrected chi connectivity index (χ0v) is 14.9. The van der Waals surface area contributed by atoms with Crippen molar-refractivity contribution in [1.82, 2.24) is 20.3 Å². The van der Waals surface area contributed by atoms with Crippen molar-refractivity contribution in [3.63, 3.8) is 0 Å². The fourth-order valence-corrected chi connectivity index (χ4v) is 2.87. The standard InChI is InChI=1S/C20H22N4O2/c1-13(2)19(16-9-5-6-12-21-16)24-18(25)11-10-17-22-15-8-4-3-7-14(15)20(26)23-17/h3-9,12-13,19H,10-11H2,1-2H3,(H,24,25)(H,22,23,26). The summed E-state index contributed by atoms with van der Waals surface area (Å²) >= 11 is 0. The molecule has 0 radical (unpaired) electrons. The Kier molecular flexibility index (Phi) is 5.41. The van der Waals surface area contributed by atoms with E-state index in [0.29, 0.717) is 23.1 Å². The summed E-state index contributed by atoms with van der Waals surface area (Å²) in [4.78, 5) is 36.0. The van der Waals surface area contributed by atoms with Crippen molar-refractivity contribution in [3.05, 3.63) is 70.5 Å². The van der Waals surface area contributed by atoms with Gasteiger partial charge in [-0.3, -0.25) is 14.6 Å². The Bertz CT molecular complexity index is 951. The highest BCUT2D eigenvalue weighted by Gasteiger charge is 2.19. The molecular weight excluding hydrogens is 328 g/mol. The fraction of sp³-hybridized carbons (Fsp3) is 0.300. The molecule has 0 aliphatic rings. The monoisotopic (exact) mass is 350 g/mol. The molecule has 134 valence electrons. The van der Waals surface area contributed by atoms with Crippen LogP contribution in [0.25, 0.3) is 10.9 Å². The van der Waals surface area contributed by atoms with Gasteiger partial charge in [0.25, 0.3) is 5.56 Å². The quantitative estimate of drug-likeness (QED) is 0.715. The number of benzene rings is 1. The summed E-state index contributed by atoms with van der Waals surface area (Å²) < 4.78 is 0. The molecule has 6 nitrogen and oxygen atoms in total. The second-order valence-corrected chi connectivity index (χ2v) is 6.57. The van der Waals surface area contributed by atoms with Gasteiger partial charge in [-0.25, -0.2) is 4.98 Å². The molecule has 0 bridgehead atoms. The van der Waals surface area contributed by atoms with E-state index in [1.165, 1.54) is 0 Å². The third-order valence-electron chi connectivity index (χ3n) is 4.24. The Morgan fingerprint density at radius 3 is 2.65 bits per heavy atom. The highest BCUT2D eigenvalue weighted by molar-refractivity contribution is 5.78. The first-order valence-electron chi connectivity index (χ1n) is 8.73. The van der Waals surface area contributed by atoms with E-state index in [1.54, 1.807) is 24.4 Å². The van der Waals surface area contributed by atoms with Crippen LogP contribution in [0.1, 0.15) is 37.8 Å². The molecule has 6 heteroatoms. The number of rotatable bonds is 6. The number of para-hydroxylation sites is 1. The summed E-state index contributed by atoms with van der Waals surface area (Å²) in [5, 5.41) is 3.59. The van der Waals surface area contributed by atoms with Crippen LogP contribution < -0.4 is 10.9 Å². The number of pyridine rings is 1. The number of aromatic nitrogens is 3. The molecule has 2 N–H and O–H groups in total. The van der Waals surface area contributed by atoms with Gasteiger partial charge in [0.2, 0.25) is 5.91 Å². The highest BCUT2D eigenvalue weighted by atomic mass is 16.1. The van der Waals surface area contributed by atoms with E-state index in [2.05, 4.69) is 20.3 Å². The Hall–Kier alpha value is -3.02. The van der Waals surface area contributed by atoms with Gasteiger partial charge in [-0.1, -0.05) is 32.0 Å². The third-order valence-corrected chi connectivity index (χ3v) is 4.24. The number of hydrogen-bond acceptors (Lipinski definition) is 4. The number of nitrogens with zero attached hydrogens (tertiary/aromatic N) is 2. The summed E-state index contributed by atoms with van der Waals surface area (Å²) in [6.07, 6.45) is 2.34. The fourth-order valence-electron chi connectivity index (χ4n) is 2.87. The summed E-state index contributed by atoms with van der Waals surface area (Å²) in [7, 11) is 0. The Morgan fingerprint density at radius 2 is 1.92 bits per heavy atom. The van der Waals surface area contributed by atoms with Gasteiger partial charge in [0.1, 0.15) is 5.82 Å². The first-order valence-corrected chi connectivity index (χ1v) is 8.73. The minimum absolute atomic E-state index is 0.0924. The number of fused-ring (bicyclic) bond motifs is 1. The minimum atomic E-state index is -0.181. The molecule has 0 spiro atoms. The lowest BCUT2D eigenvalue weighted by molar-refractivity contribution is -0.122. The molecule has 0 aliphatic carbocycles. The van der Waals surface area contributed by atoms with Gasteiger partial charge in [-0.05, 0) is 30.2 Å². The molecular formula is C20H22N4O2. The summed E-state index contributed by atoms with van der Waals surface area (Å²) in [6.45, 7) is 4.09. The maximum atomic E-state index is 12.4. The summed E-state index contributed by atoms with van der Waals surface area (Å²) in [5.74, 6) is 0.639. The smallest absolute Gasteiger partial charge is 0.258 e. The van der Waals surface area contributed by atoms with E-state index in [9.17, 15) is 9.59 Å². The number of hydrogen-bond donors (Lipinski definition) is 2. The molecule has 1 unspecified atom stereocenters. The van der Waals surface area contributed by atoms with Crippen molar-refractivity contribution in [2.75, 3.05) is 0 Å². The molecule has 1 aromatic carbocycles. The first kappa shape index (κ1) is 17.8. The van der Waals surface area contributed by atoms with Crippen molar-refractivity contribution in [1.29, 1.82) is 0 Å². The van der Waals surface area contributed by atoms with Crippen LogP contribution in [-0.2, 0) is 11.2 Å². The normalized spacial score (nSPS) is 12.3. The van der Waals surface area contributed by atoms with Gasteiger partial charge in [0.05, 0.1) is 22.6 Å². The highest BCUT2D eigenvalue weighted by Crippen LogP contribution is 2.19. The molecule has 0 saturated heterocycles. The lowest BCUT2D eigenvalue weighted by atomic mass is 10.00. The van der Waals surface area contributed by atoms with Crippen LogP contribution in [-0.4, -0.2) is 20.9 Å². The van der Waals surface area contributed by atoms with Crippen LogP contribution in [0.4, 0.5) is 0 Å². The van der Waals surface area contributed by atoms with Crippen LogP contribution in [0.2, 0.25) is 0 Å². The van der Waals surface area contributed by atoms with Gasteiger partial charge in [-0.15, -0.1) is 0 Å². The average molecular weight is 350 g/mol. The third kappa shape index (κ3) is 4.14. The van der Waals surface area contributed by atoms with Gasteiger partial charge in [-0.2, -0.15) is 0 Å². The molecule has 0 fully saturated rings. The molecule has 2 heterocycles. The number of aryl methyl sites for hydroxylation is 1. The van der Waals surface area contributed by atoms with Crippen LogP contribution in [0.3, 0.4) is 0 Å². The SMILES string of the molecule is CC(C)C(NC(=O)CCc1nc2ccccc2c(=O)[nH]1)c1ccccn1. The second kappa shape index (κ2) is 7.91. The number of aromatic amines is 1. The Labute approximate surface area is 151 Å². The Morgan fingerprint density at radius 1 is 1.15 bits per heavy atom. The van der Waals surface area contributed by atoms with E-state index in [1.807, 2.05) is 38.1 Å². The largest absolute Gasteiger partial charge is 0.347 e. The van der Waals surface area contributed by atoms with Gasteiger partial charge < -0.3 is 10.3 Å². The molecule has 3 rings (SSSR count). The number of H-pyrrole nitrogens is 1. The van der Waals surface area contributed by atoms with E-state index < -0.39 is 0 Å². The minimum Gasteiger partial charge on any atom is -0.347 e. The Balaban J connectivity index is 1.68. The van der Waals surface area contributed by atoms with Crippen LogP contribution in [0, 0.1) is 5.92 Å². The second-order valence-electron chi connectivity index (χ2n) is 6.57. The lowest BCUT2D eigenvalue weighted by Gasteiger charge is -2.21. The predicted molar refractivity (Wildman–Crippen MR) is 101 cm³/mol. The first-order chi connectivity index (χ1) is 12.5. The van der Waals surface area contributed by atoms with Crippen LogP contribution in [0.5, 0.6) is 0 Å². The summed E-state index contributed by atoms with van der Waals surface area (Å²) in [5.41, 5.74) is 1.30. The van der Waals surface area contributed by atoms with Gasteiger partial charge >= 0.3 is 0 Å². The molecule has 3 aromatic rings. The molecule has 0 saturated carbocycles. The zero-order chi connectivity index (χ0) is 18.5. The van der Waals surface area contributed by atoms with E-state index in [0.717, 1.165) is 5.69 Å². The van der Waals surface area contributed by atoms with Crippen molar-refractivity contribution < 1.29 is 4.79 Å². The zero-order valence-electron chi connectivity index (χ0n) is 14.9. The molecule has 1 amide bonds. The predicted octanol–water partition coefficient (Wildman–Crippen LogP) is 2.76. The number of carbonyl (C=O) groups excluding carboxylic acids is 1. The van der Waals surface area contributed by atoms with E-state index in [-0.39, 0.29) is 29.8 Å². The topological polar surface area (TPSA) is 87.7 Å². The van der Waals surface area contributed by atoms with Gasteiger partial charge in [0, 0.05) is 19.0 Å². The molecule has 2 aromatic heterocycles. The average Bonchev–Trinajstić information content (AvgIpc) is 2.65. The number of amides is 1. The van der Waals surface area contributed by atoms with Crippen molar-refractivity contribution in [2.24, 2.45) is 5.92 Å². The van der Waals surface area contributed by atoms with Crippen LogP contribution >= 0.6 is 0 Å². The van der Waals surface area contributed by atoms with E-state index >= 15 is 0 Å². The number of nitrogens with one attached hydrogen (secondary N) is 2. The molecule has 0 aliphatic heterocycles. The number of carbonyl (C=O) groups is 1. The van der Waals surface area contributed by atoms with Crippen molar-refractivity contribution in [2.45, 2.75) is 32.7 Å². The molecule has 26 heavy (non-hydrogen) atoms. The molecule has 1 atom stereocenters. The van der Waals surface area contributed by atoms with E-state index in [4.69, 9.17) is 0 Å².